The van der Waals surface area contributed by atoms with Crippen LogP contribution in [0.2, 0.25) is 0 Å². The minimum Gasteiger partial charge on any atom is -0.399 e. The summed E-state index contributed by atoms with van der Waals surface area (Å²) in [5.41, 5.74) is 0. The fraction of sp³-hybridized carbons (Fsp3) is 0.500. The predicted molar refractivity (Wildman–Crippen MR) is 32.3 cm³/mol. The highest BCUT2D eigenvalue weighted by Crippen LogP contribution is 2.12. The fourth-order valence-electron chi connectivity index (χ4n) is 0.780. The van der Waals surface area contributed by atoms with Gasteiger partial charge in [0.25, 0.3) is 11.8 Å². The molecule has 1 aliphatic rings. The van der Waals surface area contributed by atoms with Crippen molar-refractivity contribution in [3.63, 3.8) is 0 Å². The summed E-state index contributed by atoms with van der Waals surface area (Å²) < 4.78 is 15.2. The Labute approximate surface area is 66.9 Å². The lowest BCUT2D eigenvalue weighted by Crippen LogP contribution is -2.36. The third-order valence-corrected chi connectivity index (χ3v) is 1.28. The van der Waals surface area contributed by atoms with Gasteiger partial charge in [-0.25, -0.2) is 0 Å². The Bertz CT molecular complexity index is 196. The van der Waals surface area contributed by atoms with E-state index in [0.717, 1.165) is 0 Å². The van der Waals surface area contributed by atoms with Gasteiger partial charge in [-0.1, -0.05) is 4.53 Å². The van der Waals surface area contributed by atoms with Crippen molar-refractivity contribution in [2.24, 2.45) is 0 Å². The molecule has 6 nitrogen and oxygen atoms in total. The molecule has 1 N–H and O–H groups in total. The number of carbonyl (C=O) groups excluding carboxylic acids is 2. The van der Waals surface area contributed by atoms with E-state index in [0.29, 0.717) is 0 Å². The minimum absolute atomic E-state index is 0.00214. The first-order chi connectivity index (χ1) is 5.65. The van der Waals surface area contributed by atoms with Gasteiger partial charge in [0.05, 0.1) is 0 Å². The third kappa shape index (κ3) is 1.78. The summed E-state index contributed by atoms with van der Waals surface area (Å²) in [6.45, 7) is 0. The number of carbonyl (C=O) groups is 2. The van der Waals surface area contributed by atoms with Gasteiger partial charge < -0.3 is 5.02 Å². The van der Waals surface area contributed by atoms with Crippen LogP contribution < -0.4 is 0 Å². The molecule has 0 aromatic carbocycles. The quantitative estimate of drug-likeness (QED) is 0.439. The van der Waals surface area contributed by atoms with Crippen LogP contribution in [0.3, 0.4) is 0 Å². The Kier molecular flexibility index (Phi) is 2.74. The zero-order valence-corrected chi connectivity index (χ0v) is 5.90. The monoisotopic (exact) mass is 177 g/mol. The van der Waals surface area contributed by atoms with Crippen LogP contribution in [0.5, 0.6) is 0 Å². The molecule has 8 heteroatoms. The van der Waals surface area contributed by atoms with E-state index in [1.807, 2.05) is 0 Å². The van der Waals surface area contributed by atoms with Gasteiger partial charge in [0.2, 0.25) is 0 Å². The SMILES string of the molecule is O=C1CCC(=O)N1OB(O)OF. The van der Waals surface area contributed by atoms with Crippen LogP contribution in [-0.4, -0.2) is 29.2 Å². The van der Waals surface area contributed by atoms with Gasteiger partial charge in [-0.3, -0.25) is 14.3 Å². The molecule has 0 atom stereocenters. The van der Waals surface area contributed by atoms with E-state index in [2.05, 4.69) is 9.61 Å². The maximum atomic E-state index is 11.2. The Morgan fingerprint density at radius 3 is 2.33 bits per heavy atom. The highest BCUT2D eigenvalue weighted by atomic mass is 19.3. The first kappa shape index (κ1) is 9.11. The smallest absolute Gasteiger partial charge is 0.399 e. The number of hydrogen-bond donors (Lipinski definition) is 1. The molecular weight excluding hydrogens is 172 g/mol. The van der Waals surface area contributed by atoms with Gasteiger partial charge in [0.1, 0.15) is 0 Å². The van der Waals surface area contributed by atoms with E-state index >= 15 is 0 Å². The van der Waals surface area contributed by atoms with E-state index in [4.69, 9.17) is 5.02 Å². The Morgan fingerprint density at radius 2 is 1.92 bits per heavy atom. The molecule has 0 bridgehead atoms. The highest BCUT2D eigenvalue weighted by molar-refractivity contribution is 6.34. The summed E-state index contributed by atoms with van der Waals surface area (Å²) >= 11 is 0. The molecular formula is C4H5BFNO5. The number of amides is 2. The first-order valence-electron chi connectivity index (χ1n) is 3.13. The van der Waals surface area contributed by atoms with Gasteiger partial charge >= 0.3 is 7.32 Å². The molecule has 0 saturated carbocycles. The molecule has 0 aliphatic carbocycles. The first-order valence-corrected chi connectivity index (χ1v) is 3.13. The Hall–Kier alpha value is -0.985. The molecule has 0 aromatic rings. The lowest BCUT2D eigenvalue weighted by Gasteiger charge is -2.12. The highest BCUT2D eigenvalue weighted by Gasteiger charge is 2.35. The second kappa shape index (κ2) is 3.61. The van der Waals surface area contributed by atoms with Crippen molar-refractivity contribution in [2.75, 3.05) is 0 Å². The molecule has 1 fully saturated rings. The van der Waals surface area contributed by atoms with Gasteiger partial charge in [-0.05, 0) is 0 Å². The summed E-state index contributed by atoms with van der Waals surface area (Å²) in [5, 5.41) is 8.67. The zero-order valence-electron chi connectivity index (χ0n) is 5.90. The molecule has 2 amide bonds. The topological polar surface area (TPSA) is 76.1 Å². The molecule has 0 spiro atoms. The molecule has 66 valence electrons. The number of hydrogen-bond acceptors (Lipinski definition) is 5. The maximum absolute atomic E-state index is 11.2. The van der Waals surface area contributed by atoms with Gasteiger partial charge in [0.15, 0.2) is 0 Å². The van der Waals surface area contributed by atoms with Crippen molar-refractivity contribution < 1.29 is 28.8 Å². The van der Waals surface area contributed by atoms with Crippen molar-refractivity contribution in [1.29, 1.82) is 0 Å². The molecule has 0 unspecified atom stereocenters. The summed E-state index contributed by atoms with van der Waals surface area (Å²) in [6.07, 6.45) is -0.00429. The number of imide groups is 1. The van der Waals surface area contributed by atoms with Crippen LogP contribution in [0.15, 0.2) is 0 Å². The van der Waals surface area contributed by atoms with Crippen molar-refractivity contribution in [1.82, 2.24) is 5.06 Å². The minimum atomic E-state index is -2.24. The van der Waals surface area contributed by atoms with E-state index < -0.39 is 19.1 Å². The van der Waals surface area contributed by atoms with Crippen molar-refractivity contribution in [2.45, 2.75) is 12.8 Å². The van der Waals surface area contributed by atoms with Crippen molar-refractivity contribution in [3.8, 4) is 0 Å². The molecule has 0 radical (unpaired) electrons. The molecule has 1 aliphatic heterocycles. The zero-order chi connectivity index (χ0) is 9.14. The maximum Gasteiger partial charge on any atom is 0.692 e. The van der Waals surface area contributed by atoms with E-state index in [1.54, 1.807) is 0 Å². The lowest BCUT2D eigenvalue weighted by molar-refractivity contribution is -0.180. The third-order valence-electron chi connectivity index (χ3n) is 1.28. The number of rotatable bonds is 3. The van der Waals surface area contributed by atoms with Crippen LogP contribution in [-0.2, 0) is 19.2 Å². The summed E-state index contributed by atoms with van der Waals surface area (Å²) in [4.78, 5) is 24.3. The number of hydroxylamine groups is 2. The standard InChI is InChI=1S/C4H5BFNO5/c6-11-5(10)12-7-3(8)1-2-4(7)9/h10H,1-2H2. The van der Waals surface area contributed by atoms with E-state index in [9.17, 15) is 14.1 Å². The van der Waals surface area contributed by atoms with Crippen LogP contribution in [0.4, 0.5) is 4.53 Å². The molecule has 1 saturated heterocycles. The molecule has 1 rings (SSSR count). The summed E-state index contributed by atoms with van der Waals surface area (Å²) in [5.74, 6) is -1.26. The van der Waals surface area contributed by atoms with Gasteiger partial charge in [-0.15, -0.1) is 0 Å². The van der Waals surface area contributed by atoms with Crippen LogP contribution in [0.25, 0.3) is 0 Å². The molecule has 1 heterocycles. The average molecular weight is 177 g/mol. The van der Waals surface area contributed by atoms with E-state index in [1.165, 1.54) is 0 Å². The van der Waals surface area contributed by atoms with Gasteiger partial charge in [0, 0.05) is 12.8 Å². The normalized spacial score (nSPS) is 17.3. The number of halogens is 1. The van der Waals surface area contributed by atoms with Crippen molar-refractivity contribution >= 4 is 19.1 Å². The van der Waals surface area contributed by atoms with Crippen LogP contribution >= 0.6 is 0 Å². The second-order valence-electron chi connectivity index (χ2n) is 2.08. The Morgan fingerprint density at radius 1 is 1.42 bits per heavy atom. The fourth-order valence-corrected chi connectivity index (χ4v) is 0.780. The Balaban J connectivity index is 2.50. The predicted octanol–water partition coefficient (Wildman–Crippen LogP) is -1.05. The lowest BCUT2D eigenvalue weighted by atomic mass is 10.3. The van der Waals surface area contributed by atoms with Crippen LogP contribution in [0, 0.1) is 0 Å². The largest absolute Gasteiger partial charge is 0.692 e. The molecule has 0 aromatic heterocycles. The average Bonchev–Trinajstić information content (AvgIpc) is 2.35. The number of nitrogens with zero attached hydrogens (tertiary/aromatic N) is 1. The van der Waals surface area contributed by atoms with Gasteiger partial charge in [-0.2, -0.15) is 9.92 Å². The second-order valence-corrected chi connectivity index (χ2v) is 2.08. The van der Waals surface area contributed by atoms with Crippen LogP contribution in [0.1, 0.15) is 12.8 Å². The summed E-state index contributed by atoms with van der Waals surface area (Å²) in [6, 6.07) is 0. The molecule has 12 heavy (non-hydrogen) atoms. The van der Waals surface area contributed by atoms with E-state index in [-0.39, 0.29) is 17.9 Å². The van der Waals surface area contributed by atoms with Crippen molar-refractivity contribution in [3.05, 3.63) is 0 Å². The summed E-state index contributed by atoms with van der Waals surface area (Å²) in [7, 11) is -2.24.